The number of aromatic nitrogens is 2. The van der Waals surface area contributed by atoms with Crippen LogP contribution in [0.2, 0.25) is 0 Å². The Bertz CT molecular complexity index is 711. The van der Waals surface area contributed by atoms with E-state index in [1.165, 1.54) is 17.9 Å². The highest BCUT2D eigenvalue weighted by Crippen LogP contribution is 2.25. The molecule has 22 heavy (non-hydrogen) atoms. The van der Waals surface area contributed by atoms with Crippen molar-refractivity contribution in [2.24, 2.45) is 7.05 Å². The van der Waals surface area contributed by atoms with Crippen molar-refractivity contribution in [3.8, 4) is 5.75 Å². The average Bonchev–Trinajstić information content (AvgIpc) is 2.83. The van der Waals surface area contributed by atoms with Crippen molar-refractivity contribution in [2.75, 3.05) is 12.4 Å². The minimum absolute atomic E-state index is 0.0392. The van der Waals surface area contributed by atoms with Crippen LogP contribution in [0.1, 0.15) is 35.8 Å². The molecule has 0 bridgehead atoms. The monoisotopic (exact) mass is 309 g/mol. The van der Waals surface area contributed by atoms with Crippen LogP contribution in [0, 0.1) is 11.6 Å². The fourth-order valence-corrected chi connectivity index (χ4v) is 1.98. The lowest BCUT2D eigenvalue weighted by Gasteiger charge is -2.10. The number of ether oxygens (including phenoxy) is 1. The molecule has 1 amide bonds. The Balaban J connectivity index is 2.36. The molecule has 5 nitrogen and oxygen atoms in total. The number of anilines is 1. The molecular formula is C15H17F2N3O2. The van der Waals surface area contributed by atoms with E-state index in [2.05, 4.69) is 10.4 Å². The van der Waals surface area contributed by atoms with Gasteiger partial charge in [-0.15, -0.1) is 0 Å². The number of nitrogens with one attached hydrogen (secondary N) is 1. The molecule has 0 aliphatic carbocycles. The van der Waals surface area contributed by atoms with E-state index in [0.29, 0.717) is 5.82 Å². The summed E-state index contributed by atoms with van der Waals surface area (Å²) in [5.74, 6) is -2.63. The van der Waals surface area contributed by atoms with Crippen molar-refractivity contribution in [1.82, 2.24) is 9.78 Å². The third-order valence-electron chi connectivity index (χ3n) is 3.24. The number of carbonyl (C=O) groups excluding carboxylic acids is 1. The summed E-state index contributed by atoms with van der Waals surface area (Å²) in [6.45, 7) is 3.92. The van der Waals surface area contributed by atoms with E-state index in [9.17, 15) is 13.6 Å². The Kier molecular flexibility index (Phi) is 4.44. The molecule has 0 aliphatic heterocycles. The molecule has 0 spiro atoms. The summed E-state index contributed by atoms with van der Waals surface area (Å²) in [7, 11) is 2.94. The number of hydrogen-bond acceptors (Lipinski definition) is 3. The van der Waals surface area contributed by atoms with Gasteiger partial charge in [-0.1, -0.05) is 13.8 Å². The Hall–Kier alpha value is -2.44. The molecule has 0 radical (unpaired) electrons. The van der Waals surface area contributed by atoms with E-state index < -0.39 is 23.1 Å². The van der Waals surface area contributed by atoms with E-state index in [1.807, 2.05) is 13.8 Å². The molecule has 2 aromatic rings. The molecule has 0 saturated heterocycles. The minimum Gasteiger partial charge on any atom is -0.496 e. The largest absolute Gasteiger partial charge is 0.496 e. The molecule has 1 aromatic heterocycles. The summed E-state index contributed by atoms with van der Waals surface area (Å²) in [6.07, 6.45) is 0. The molecule has 118 valence electrons. The minimum atomic E-state index is -1.25. The van der Waals surface area contributed by atoms with Gasteiger partial charge in [-0.2, -0.15) is 5.10 Å². The SMILES string of the molecule is COc1ccc(F)c(F)c1C(=O)Nc1cc(C(C)C)nn1C. The molecule has 0 saturated carbocycles. The van der Waals surface area contributed by atoms with Crippen LogP contribution in [-0.2, 0) is 7.05 Å². The van der Waals surface area contributed by atoms with Crippen LogP contribution in [0.4, 0.5) is 14.6 Å². The molecule has 0 fully saturated rings. The van der Waals surface area contributed by atoms with Crippen molar-refractivity contribution >= 4 is 11.7 Å². The zero-order chi connectivity index (χ0) is 16.4. The van der Waals surface area contributed by atoms with Gasteiger partial charge in [0.15, 0.2) is 11.6 Å². The van der Waals surface area contributed by atoms with Crippen molar-refractivity contribution in [2.45, 2.75) is 19.8 Å². The lowest BCUT2D eigenvalue weighted by molar-refractivity contribution is 0.101. The number of hydrogen-bond donors (Lipinski definition) is 1. The van der Waals surface area contributed by atoms with Crippen LogP contribution in [0.25, 0.3) is 0 Å². The van der Waals surface area contributed by atoms with Crippen LogP contribution in [0.15, 0.2) is 18.2 Å². The van der Waals surface area contributed by atoms with E-state index >= 15 is 0 Å². The van der Waals surface area contributed by atoms with E-state index in [4.69, 9.17) is 4.74 Å². The lowest BCUT2D eigenvalue weighted by atomic mass is 10.1. The first kappa shape index (κ1) is 15.9. The third-order valence-corrected chi connectivity index (χ3v) is 3.24. The summed E-state index contributed by atoms with van der Waals surface area (Å²) < 4.78 is 33.6. The molecular weight excluding hydrogens is 292 g/mol. The summed E-state index contributed by atoms with van der Waals surface area (Å²) >= 11 is 0. The first-order chi connectivity index (χ1) is 10.3. The number of amides is 1. The van der Waals surface area contributed by atoms with Crippen LogP contribution in [0.5, 0.6) is 5.75 Å². The summed E-state index contributed by atoms with van der Waals surface area (Å²) in [5, 5.41) is 6.76. The van der Waals surface area contributed by atoms with E-state index in [0.717, 1.165) is 11.8 Å². The highest BCUT2D eigenvalue weighted by atomic mass is 19.2. The van der Waals surface area contributed by atoms with Gasteiger partial charge in [-0.3, -0.25) is 9.48 Å². The molecule has 0 aliphatic rings. The van der Waals surface area contributed by atoms with Gasteiger partial charge in [-0.25, -0.2) is 8.78 Å². The van der Waals surface area contributed by atoms with Gasteiger partial charge in [0.25, 0.3) is 5.91 Å². The summed E-state index contributed by atoms with van der Waals surface area (Å²) in [4.78, 5) is 12.3. The Morgan fingerprint density at radius 2 is 2.05 bits per heavy atom. The number of methoxy groups -OCH3 is 1. The molecule has 1 aromatic carbocycles. The van der Waals surface area contributed by atoms with Crippen LogP contribution >= 0.6 is 0 Å². The summed E-state index contributed by atoms with van der Waals surface area (Å²) in [6, 6.07) is 3.80. The maximum atomic E-state index is 13.9. The fraction of sp³-hybridized carbons (Fsp3) is 0.333. The molecule has 2 rings (SSSR count). The van der Waals surface area contributed by atoms with Crippen molar-refractivity contribution in [3.05, 3.63) is 41.1 Å². The summed E-state index contributed by atoms with van der Waals surface area (Å²) in [5.41, 5.74) is 0.305. The molecule has 0 unspecified atom stereocenters. The number of nitrogens with zero attached hydrogens (tertiary/aromatic N) is 2. The van der Waals surface area contributed by atoms with Crippen LogP contribution in [0.3, 0.4) is 0 Å². The first-order valence-electron chi connectivity index (χ1n) is 6.72. The highest BCUT2D eigenvalue weighted by molar-refractivity contribution is 6.06. The highest BCUT2D eigenvalue weighted by Gasteiger charge is 2.22. The second-order valence-electron chi connectivity index (χ2n) is 5.13. The Morgan fingerprint density at radius 3 is 2.59 bits per heavy atom. The fourth-order valence-electron chi connectivity index (χ4n) is 1.98. The van der Waals surface area contributed by atoms with Gasteiger partial charge in [0.05, 0.1) is 12.8 Å². The van der Waals surface area contributed by atoms with Gasteiger partial charge in [0.2, 0.25) is 0 Å². The zero-order valence-electron chi connectivity index (χ0n) is 12.8. The van der Waals surface area contributed by atoms with Gasteiger partial charge in [0.1, 0.15) is 17.1 Å². The predicted molar refractivity (Wildman–Crippen MR) is 78.2 cm³/mol. The maximum absolute atomic E-state index is 13.9. The van der Waals surface area contributed by atoms with Gasteiger partial charge >= 0.3 is 0 Å². The zero-order valence-corrected chi connectivity index (χ0v) is 12.8. The van der Waals surface area contributed by atoms with E-state index in [1.54, 1.807) is 13.1 Å². The Labute approximate surface area is 126 Å². The smallest absolute Gasteiger partial charge is 0.263 e. The second-order valence-corrected chi connectivity index (χ2v) is 5.13. The number of rotatable bonds is 4. The molecule has 0 atom stereocenters. The van der Waals surface area contributed by atoms with Crippen molar-refractivity contribution in [3.63, 3.8) is 0 Å². The van der Waals surface area contributed by atoms with Crippen molar-refractivity contribution < 1.29 is 18.3 Å². The standard InChI is InChI=1S/C15H17F2N3O2/c1-8(2)10-7-12(20(3)19-10)18-15(21)13-11(22-4)6-5-9(16)14(13)17/h5-8H,1-4H3,(H,18,21). The van der Waals surface area contributed by atoms with Gasteiger partial charge in [0, 0.05) is 13.1 Å². The lowest BCUT2D eigenvalue weighted by Crippen LogP contribution is -2.18. The number of halogens is 2. The van der Waals surface area contributed by atoms with Crippen LogP contribution < -0.4 is 10.1 Å². The normalized spacial score (nSPS) is 10.9. The molecule has 1 heterocycles. The number of benzene rings is 1. The average molecular weight is 309 g/mol. The third kappa shape index (κ3) is 2.93. The van der Waals surface area contributed by atoms with Gasteiger partial charge < -0.3 is 10.1 Å². The number of carbonyl (C=O) groups is 1. The predicted octanol–water partition coefficient (Wildman–Crippen LogP) is 3.08. The quantitative estimate of drug-likeness (QED) is 0.944. The molecule has 1 N–H and O–H groups in total. The number of aryl methyl sites for hydroxylation is 1. The second kappa shape index (κ2) is 6.13. The first-order valence-corrected chi connectivity index (χ1v) is 6.72. The van der Waals surface area contributed by atoms with Crippen molar-refractivity contribution in [1.29, 1.82) is 0 Å². The molecule has 7 heteroatoms. The Morgan fingerprint density at radius 1 is 1.36 bits per heavy atom. The van der Waals surface area contributed by atoms with Crippen LogP contribution in [-0.4, -0.2) is 22.8 Å². The maximum Gasteiger partial charge on any atom is 0.263 e. The van der Waals surface area contributed by atoms with Gasteiger partial charge in [-0.05, 0) is 18.1 Å². The van der Waals surface area contributed by atoms with E-state index in [-0.39, 0.29) is 11.7 Å². The topological polar surface area (TPSA) is 56.1 Å².